The van der Waals surface area contributed by atoms with Crippen molar-refractivity contribution in [3.63, 3.8) is 0 Å². The smallest absolute Gasteiger partial charge is 0.265 e. The molecule has 0 unspecified atom stereocenters. The van der Waals surface area contributed by atoms with Crippen molar-refractivity contribution in [3.8, 4) is 0 Å². The van der Waals surface area contributed by atoms with Gasteiger partial charge in [0.1, 0.15) is 10.7 Å². The Kier molecular flexibility index (Phi) is 4.91. The van der Waals surface area contributed by atoms with Gasteiger partial charge in [0, 0.05) is 10.7 Å². The molecule has 130 valence electrons. The number of halogens is 2. The predicted molar refractivity (Wildman–Crippen MR) is 97.4 cm³/mol. The van der Waals surface area contributed by atoms with Gasteiger partial charge >= 0.3 is 0 Å². The summed E-state index contributed by atoms with van der Waals surface area (Å²) in [6.07, 6.45) is 1.45. The average Bonchev–Trinajstić information content (AvgIpc) is 2.92. The van der Waals surface area contributed by atoms with Gasteiger partial charge in [0.25, 0.3) is 10.0 Å². The second-order valence-electron chi connectivity index (χ2n) is 5.49. The van der Waals surface area contributed by atoms with Crippen LogP contribution in [0.5, 0.6) is 0 Å². The number of sulfonamides is 1. The standard InChI is InChI=1S/C17H15BrFN3O2S/c1-12-17(11-22(20-12)10-13-5-3-2-4-6-13)25(23,24)21-16-8-7-14(18)9-15(16)19/h2-9,11,21H,10H2,1H3. The van der Waals surface area contributed by atoms with Crippen molar-refractivity contribution in [1.82, 2.24) is 9.78 Å². The van der Waals surface area contributed by atoms with E-state index in [1.54, 1.807) is 17.7 Å². The lowest BCUT2D eigenvalue weighted by molar-refractivity contribution is 0.597. The number of hydrogen-bond acceptors (Lipinski definition) is 3. The van der Waals surface area contributed by atoms with Crippen LogP contribution in [0.1, 0.15) is 11.3 Å². The van der Waals surface area contributed by atoms with Crippen molar-refractivity contribution < 1.29 is 12.8 Å². The highest BCUT2D eigenvalue weighted by atomic mass is 79.9. The molecule has 1 N–H and O–H groups in total. The van der Waals surface area contributed by atoms with E-state index in [0.717, 1.165) is 5.56 Å². The summed E-state index contributed by atoms with van der Waals surface area (Å²) in [5.41, 5.74) is 1.24. The first kappa shape index (κ1) is 17.6. The maximum Gasteiger partial charge on any atom is 0.265 e. The fourth-order valence-corrected chi connectivity index (χ4v) is 3.98. The quantitative estimate of drug-likeness (QED) is 0.675. The maximum atomic E-state index is 13.9. The zero-order chi connectivity index (χ0) is 18.0. The summed E-state index contributed by atoms with van der Waals surface area (Å²) in [4.78, 5) is 0.0192. The summed E-state index contributed by atoms with van der Waals surface area (Å²) in [6.45, 7) is 2.05. The first-order chi connectivity index (χ1) is 11.8. The third-order valence-electron chi connectivity index (χ3n) is 3.55. The fourth-order valence-electron chi connectivity index (χ4n) is 2.39. The van der Waals surface area contributed by atoms with Crippen molar-refractivity contribution >= 4 is 31.6 Å². The first-order valence-corrected chi connectivity index (χ1v) is 9.68. The van der Waals surface area contributed by atoms with Crippen LogP contribution < -0.4 is 4.72 Å². The second kappa shape index (κ2) is 6.97. The topological polar surface area (TPSA) is 64.0 Å². The van der Waals surface area contributed by atoms with Crippen LogP contribution in [0.4, 0.5) is 10.1 Å². The van der Waals surface area contributed by atoms with Crippen LogP contribution in [0, 0.1) is 12.7 Å². The Morgan fingerprint density at radius 2 is 1.92 bits per heavy atom. The minimum Gasteiger partial charge on any atom is -0.277 e. The van der Waals surface area contributed by atoms with Gasteiger partial charge in [0.05, 0.1) is 17.9 Å². The Labute approximate surface area is 153 Å². The summed E-state index contributed by atoms with van der Waals surface area (Å²) < 4.78 is 43.4. The van der Waals surface area contributed by atoms with Crippen molar-refractivity contribution in [3.05, 3.63) is 76.3 Å². The normalized spacial score (nSPS) is 11.5. The molecule has 5 nitrogen and oxygen atoms in total. The minimum atomic E-state index is -3.94. The first-order valence-electron chi connectivity index (χ1n) is 7.41. The van der Waals surface area contributed by atoms with Gasteiger partial charge in [-0.15, -0.1) is 0 Å². The lowest BCUT2D eigenvalue weighted by Crippen LogP contribution is -2.14. The molecule has 0 atom stereocenters. The number of nitrogens with zero attached hydrogens (tertiary/aromatic N) is 2. The van der Waals surface area contributed by atoms with Gasteiger partial charge in [-0.1, -0.05) is 46.3 Å². The molecule has 0 saturated carbocycles. The highest BCUT2D eigenvalue weighted by Crippen LogP contribution is 2.23. The van der Waals surface area contributed by atoms with E-state index in [-0.39, 0.29) is 10.6 Å². The molecule has 25 heavy (non-hydrogen) atoms. The Hall–Kier alpha value is -2.19. The van der Waals surface area contributed by atoms with E-state index < -0.39 is 15.8 Å². The highest BCUT2D eigenvalue weighted by Gasteiger charge is 2.22. The number of aromatic nitrogens is 2. The Bertz CT molecular complexity index is 1000. The van der Waals surface area contributed by atoms with Crippen LogP contribution in [0.25, 0.3) is 0 Å². The van der Waals surface area contributed by atoms with Crippen LogP contribution in [0.2, 0.25) is 0 Å². The molecule has 1 heterocycles. The van der Waals surface area contributed by atoms with Gasteiger partial charge in [-0.3, -0.25) is 9.40 Å². The predicted octanol–water partition coefficient (Wildman–Crippen LogP) is 3.94. The Balaban J connectivity index is 1.87. The lowest BCUT2D eigenvalue weighted by atomic mass is 10.2. The molecule has 0 spiro atoms. The van der Waals surface area contributed by atoms with Gasteiger partial charge in [-0.2, -0.15) is 5.10 Å². The molecule has 0 aliphatic rings. The number of anilines is 1. The largest absolute Gasteiger partial charge is 0.277 e. The molecule has 3 rings (SSSR count). The van der Waals surface area contributed by atoms with Crippen LogP contribution in [0.15, 0.2) is 64.1 Å². The monoisotopic (exact) mass is 423 g/mol. The summed E-state index contributed by atoms with van der Waals surface area (Å²) in [7, 11) is -3.94. The zero-order valence-electron chi connectivity index (χ0n) is 13.3. The number of aryl methyl sites for hydroxylation is 1. The van der Waals surface area contributed by atoms with Gasteiger partial charge in [0.2, 0.25) is 0 Å². The van der Waals surface area contributed by atoms with E-state index in [0.29, 0.717) is 16.7 Å². The molecule has 8 heteroatoms. The molecule has 3 aromatic rings. The van der Waals surface area contributed by atoms with Crippen molar-refractivity contribution in [2.24, 2.45) is 0 Å². The van der Waals surface area contributed by atoms with Crippen LogP contribution in [0.3, 0.4) is 0 Å². The number of rotatable bonds is 5. The highest BCUT2D eigenvalue weighted by molar-refractivity contribution is 9.10. The molecular weight excluding hydrogens is 409 g/mol. The molecule has 0 saturated heterocycles. The van der Waals surface area contributed by atoms with Gasteiger partial charge < -0.3 is 0 Å². The SMILES string of the molecule is Cc1nn(Cc2ccccc2)cc1S(=O)(=O)Nc1ccc(Br)cc1F. The van der Waals surface area contributed by atoms with E-state index in [4.69, 9.17) is 0 Å². The lowest BCUT2D eigenvalue weighted by Gasteiger charge is -2.08. The molecule has 2 aromatic carbocycles. The Morgan fingerprint density at radius 1 is 1.20 bits per heavy atom. The third kappa shape index (κ3) is 4.08. The Morgan fingerprint density at radius 3 is 2.60 bits per heavy atom. The van der Waals surface area contributed by atoms with Crippen LogP contribution in [-0.4, -0.2) is 18.2 Å². The van der Waals surface area contributed by atoms with E-state index in [9.17, 15) is 12.8 Å². The maximum absolute atomic E-state index is 13.9. The summed E-state index contributed by atoms with van der Waals surface area (Å²) in [5.74, 6) is -0.660. The molecule has 0 bridgehead atoms. The number of nitrogens with one attached hydrogen (secondary N) is 1. The van der Waals surface area contributed by atoms with E-state index in [2.05, 4.69) is 25.8 Å². The molecule has 0 fully saturated rings. The van der Waals surface area contributed by atoms with E-state index in [1.807, 2.05) is 30.3 Å². The molecule has 1 aromatic heterocycles. The van der Waals surface area contributed by atoms with Gasteiger partial charge in [-0.05, 0) is 30.7 Å². The zero-order valence-corrected chi connectivity index (χ0v) is 15.7. The summed E-state index contributed by atoms with van der Waals surface area (Å²) in [5, 5.41) is 4.25. The van der Waals surface area contributed by atoms with E-state index in [1.165, 1.54) is 18.3 Å². The third-order valence-corrected chi connectivity index (χ3v) is 5.52. The number of benzene rings is 2. The van der Waals surface area contributed by atoms with Crippen molar-refractivity contribution in [2.45, 2.75) is 18.4 Å². The van der Waals surface area contributed by atoms with Gasteiger partial charge in [0.15, 0.2) is 0 Å². The van der Waals surface area contributed by atoms with Gasteiger partial charge in [-0.25, -0.2) is 12.8 Å². The van der Waals surface area contributed by atoms with Crippen LogP contribution in [-0.2, 0) is 16.6 Å². The summed E-state index contributed by atoms with van der Waals surface area (Å²) in [6, 6.07) is 13.7. The van der Waals surface area contributed by atoms with E-state index >= 15 is 0 Å². The molecule has 0 aliphatic carbocycles. The molecular formula is C17H15BrFN3O2S. The molecule has 0 aliphatic heterocycles. The van der Waals surface area contributed by atoms with Crippen molar-refractivity contribution in [2.75, 3.05) is 4.72 Å². The number of hydrogen-bond donors (Lipinski definition) is 1. The second-order valence-corrected chi connectivity index (χ2v) is 8.06. The average molecular weight is 424 g/mol. The summed E-state index contributed by atoms with van der Waals surface area (Å²) >= 11 is 3.14. The fraction of sp³-hybridized carbons (Fsp3) is 0.118. The minimum absolute atomic E-state index is 0.0192. The molecule has 0 amide bonds. The molecule has 0 radical (unpaired) electrons. The van der Waals surface area contributed by atoms with Crippen molar-refractivity contribution in [1.29, 1.82) is 0 Å². The van der Waals surface area contributed by atoms with Crippen LogP contribution >= 0.6 is 15.9 Å².